The molecule has 1 aliphatic carbocycles. The van der Waals surface area contributed by atoms with Crippen LogP contribution >= 0.6 is 0 Å². The normalized spacial score (nSPS) is 34.9. The third-order valence-corrected chi connectivity index (χ3v) is 3.37. The number of nitrogens with one attached hydrogen (secondary N) is 2. The van der Waals surface area contributed by atoms with Crippen LogP contribution in [0.15, 0.2) is 0 Å². The monoisotopic (exact) mass is 326 g/mol. The molecule has 22 heavy (non-hydrogen) atoms. The van der Waals surface area contributed by atoms with Crippen molar-refractivity contribution in [3.05, 3.63) is 0 Å². The van der Waals surface area contributed by atoms with Crippen LogP contribution in [0.1, 0.15) is 6.42 Å². The van der Waals surface area contributed by atoms with E-state index in [1.54, 1.807) is 0 Å². The number of hydrogen-bond donors (Lipinski definition) is 11. The van der Waals surface area contributed by atoms with E-state index in [2.05, 4.69) is 16.8 Å². The number of guanidine groups is 1. The highest BCUT2D eigenvalue weighted by Gasteiger charge is 2.51. The van der Waals surface area contributed by atoms with Gasteiger partial charge in [-0.05, 0) is 6.42 Å². The number of nitrogens with two attached hydrogens (primary N) is 2. The predicted octanol–water partition coefficient (Wildman–Crippen LogP) is -5.65. The van der Waals surface area contributed by atoms with Gasteiger partial charge in [0.15, 0.2) is 5.96 Å². The lowest BCUT2D eigenvalue weighted by Gasteiger charge is -2.46. The molecule has 0 heterocycles. The van der Waals surface area contributed by atoms with Crippen LogP contribution in [0.25, 0.3) is 0 Å². The van der Waals surface area contributed by atoms with Crippen LogP contribution in [0.3, 0.4) is 0 Å². The molecule has 1 rings (SSSR count). The Morgan fingerprint density at radius 2 is 1.59 bits per heavy atom. The summed E-state index contributed by atoms with van der Waals surface area (Å²) >= 11 is 0. The van der Waals surface area contributed by atoms with Gasteiger partial charge in [0, 0.05) is 6.04 Å². The van der Waals surface area contributed by atoms with Crippen LogP contribution in [0.5, 0.6) is 0 Å². The Morgan fingerprint density at radius 1 is 1.14 bits per heavy atom. The second-order valence-corrected chi connectivity index (χ2v) is 5.18. The van der Waals surface area contributed by atoms with Crippen LogP contribution in [-0.2, 0) is 0 Å². The number of hydrogen-bond acceptors (Lipinski definition) is 9. The molecule has 1 fully saturated rings. The van der Waals surface area contributed by atoms with E-state index >= 15 is 0 Å². The first kappa shape index (κ1) is 20.9. The maximum absolute atomic E-state index is 9.93. The SMILES string of the molecule is N=C(N)N.OCC(CO)N[C@H]1C[C@](O)(CO)[C@@H](O)[C@H](O)[C@H]1O. The minimum atomic E-state index is -1.94. The quantitative estimate of drug-likeness (QED) is 0.169. The standard InChI is InChI=1S/C10H21NO7.CH5N3/c12-2-5(3-13)11-6-1-10(18,4-14)9(17)8(16)7(6)15;2-1(3)4/h5-9,11-18H,1-4H2;(H5,2,3,4)/t6-,7-,8+,9-,10-;/m0./s1. The van der Waals surface area contributed by atoms with Crippen LogP contribution < -0.4 is 16.8 Å². The molecule has 5 atom stereocenters. The maximum Gasteiger partial charge on any atom is 0.183 e. The summed E-state index contributed by atoms with van der Waals surface area (Å²) in [5, 5.41) is 74.5. The average molecular weight is 326 g/mol. The van der Waals surface area contributed by atoms with Crippen molar-refractivity contribution in [3.8, 4) is 0 Å². The zero-order valence-corrected chi connectivity index (χ0v) is 12.0. The van der Waals surface area contributed by atoms with E-state index in [-0.39, 0.29) is 12.4 Å². The van der Waals surface area contributed by atoms with E-state index in [0.29, 0.717) is 0 Å². The predicted molar refractivity (Wildman–Crippen MR) is 75.7 cm³/mol. The third-order valence-electron chi connectivity index (χ3n) is 3.37. The molecule has 0 aromatic carbocycles. The summed E-state index contributed by atoms with van der Waals surface area (Å²) in [5.74, 6) is -0.333. The van der Waals surface area contributed by atoms with Gasteiger partial charge >= 0.3 is 0 Å². The molecule has 132 valence electrons. The van der Waals surface area contributed by atoms with Crippen molar-refractivity contribution in [2.75, 3.05) is 19.8 Å². The third kappa shape index (κ3) is 5.62. The largest absolute Gasteiger partial charge is 0.395 e. The summed E-state index contributed by atoms with van der Waals surface area (Å²) in [6.45, 7) is -1.56. The highest BCUT2D eigenvalue weighted by molar-refractivity contribution is 5.71. The van der Waals surface area contributed by atoms with Gasteiger partial charge in [-0.2, -0.15) is 0 Å². The summed E-state index contributed by atoms with van der Waals surface area (Å²) < 4.78 is 0. The fourth-order valence-electron chi connectivity index (χ4n) is 2.15. The van der Waals surface area contributed by atoms with Crippen LogP contribution in [0.4, 0.5) is 0 Å². The highest BCUT2D eigenvalue weighted by Crippen LogP contribution is 2.29. The van der Waals surface area contributed by atoms with E-state index in [4.69, 9.17) is 20.7 Å². The molecule has 11 heteroatoms. The Morgan fingerprint density at radius 3 is 1.95 bits per heavy atom. The summed E-state index contributed by atoms with van der Waals surface area (Å²) in [6.07, 6.45) is -4.91. The van der Waals surface area contributed by atoms with Crippen LogP contribution in [-0.4, -0.2) is 97.5 Å². The number of aliphatic hydroxyl groups excluding tert-OH is 6. The first-order valence-corrected chi connectivity index (χ1v) is 6.57. The lowest BCUT2D eigenvalue weighted by atomic mass is 9.76. The van der Waals surface area contributed by atoms with Crippen LogP contribution in [0.2, 0.25) is 0 Å². The molecule has 0 aromatic rings. The van der Waals surface area contributed by atoms with Crippen molar-refractivity contribution in [2.45, 2.75) is 42.4 Å². The molecular formula is C11H26N4O7. The van der Waals surface area contributed by atoms with Gasteiger partial charge in [0.2, 0.25) is 0 Å². The molecule has 0 aliphatic heterocycles. The Kier molecular flexibility index (Phi) is 8.73. The Hall–Kier alpha value is -1.05. The van der Waals surface area contributed by atoms with Gasteiger partial charge in [0.25, 0.3) is 0 Å². The lowest BCUT2D eigenvalue weighted by Crippen LogP contribution is -2.68. The molecule has 0 unspecified atom stereocenters. The van der Waals surface area contributed by atoms with E-state index in [0.717, 1.165) is 0 Å². The molecule has 0 spiro atoms. The van der Waals surface area contributed by atoms with E-state index in [1.807, 2.05) is 0 Å². The average Bonchev–Trinajstić information content (AvgIpc) is 2.47. The number of rotatable bonds is 5. The summed E-state index contributed by atoms with van der Waals surface area (Å²) in [5.41, 5.74) is 7.01. The van der Waals surface area contributed by atoms with Crippen molar-refractivity contribution in [1.29, 1.82) is 5.41 Å². The molecule has 13 N–H and O–H groups in total. The fourth-order valence-corrected chi connectivity index (χ4v) is 2.15. The minimum absolute atomic E-state index is 0.223. The zero-order chi connectivity index (χ0) is 17.5. The molecule has 0 amide bonds. The molecule has 11 nitrogen and oxygen atoms in total. The second-order valence-electron chi connectivity index (χ2n) is 5.18. The van der Waals surface area contributed by atoms with Gasteiger partial charge in [-0.1, -0.05) is 0 Å². The van der Waals surface area contributed by atoms with E-state index in [9.17, 15) is 20.4 Å². The van der Waals surface area contributed by atoms with Gasteiger partial charge in [0.1, 0.15) is 17.8 Å². The van der Waals surface area contributed by atoms with Gasteiger partial charge in [0.05, 0.1) is 32.0 Å². The van der Waals surface area contributed by atoms with Gasteiger partial charge in [-0.25, -0.2) is 0 Å². The fraction of sp³-hybridized carbons (Fsp3) is 0.909. The van der Waals surface area contributed by atoms with Crippen molar-refractivity contribution >= 4 is 5.96 Å². The summed E-state index contributed by atoms with van der Waals surface area (Å²) in [4.78, 5) is 0. The molecular weight excluding hydrogens is 300 g/mol. The Balaban J connectivity index is 0.000000980. The molecule has 0 aromatic heterocycles. The van der Waals surface area contributed by atoms with E-state index < -0.39 is 55.8 Å². The Bertz CT molecular complexity index is 340. The van der Waals surface area contributed by atoms with Crippen molar-refractivity contribution in [2.24, 2.45) is 11.5 Å². The van der Waals surface area contributed by atoms with Crippen molar-refractivity contribution in [3.63, 3.8) is 0 Å². The topological polar surface area (TPSA) is 230 Å². The highest BCUT2D eigenvalue weighted by atomic mass is 16.4. The van der Waals surface area contributed by atoms with Crippen molar-refractivity contribution < 1.29 is 35.7 Å². The molecule has 1 aliphatic rings. The molecule has 0 radical (unpaired) electrons. The molecule has 0 saturated heterocycles. The van der Waals surface area contributed by atoms with Gasteiger partial charge in [-0.3, -0.25) is 5.41 Å². The van der Waals surface area contributed by atoms with Crippen LogP contribution in [0, 0.1) is 5.41 Å². The zero-order valence-electron chi connectivity index (χ0n) is 12.0. The van der Waals surface area contributed by atoms with Gasteiger partial charge in [-0.15, -0.1) is 0 Å². The minimum Gasteiger partial charge on any atom is -0.395 e. The van der Waals surface area contributed by atoms with Gasteiger partial charge < -0.3 is 52.5 Å². The van der Waals surface area contributed by atoms with Crippen molar-refractivity contribution in [1.82, 2.24) is 5.32 Å². The Labute approximate surface area is 127 Å². The summed E-state index contributed by atoms with van der Waals surface area (Å²) in [7, 11) is 0. The lowest BCUT2D eigenvalue weighted by molar-refractivity contribution is -0.207. The first-order valence-electron chi connectivity index (χ1n) is 6.57. The van der Waals surface area contributed by atoms with E-state index in [1.165, 1.54) is 0 Å². The second kappa shape index (κ2) is 9.17. The maximum atomic E-state index is 9.93. The smallest absolute Gasteiger partial charge is 0.183 e. The summed E-state index contributed by atoms with van der Waals surface area (Å²) in [6, 6.07) is -1.60. The number of aliphatic hydroxyl groups is 7. The first-order chi connectivity index (χ1) is 10.1. The molecule has 1 saturated carbocycles. The molecule has 0 bridgehead atoms.